The van der Waals surface area contributed by atoms with Gasteiger partial charge in [-0.15, -0.1) is 11.3 Å². The molecule has 0 fully saturated rings. The molecule has 3 rings (SSSR count). The van der Waals surface area contributed by atoms with Gasteiger partial charge < -0.3 is 10.1 Å². The first-order chi connectivity index (χ1) is 13.0. The molecule has 0 aliphatic carbocycles. The van der Waals surface area contributed by atoms with E-state index in [2.05, 4.69) is 15.6 Å². The number of aromatic nitrogens is 1. The number of ether oxygens (including phenoxy) is 1. The Bertz CT molecular complexity index is 957. The van der Waals surface area contributed by atoms with Crippen molar-refractivity contribution in [3.63, 3.8) is 0 Å². The standard InChI is InChI=1S/C19H16FN3O3S/c1-26-14-8-6-12(7-9-14)18(25)23-19-21-13(11-27-19)10-17(24)22-16-5-3-2-4-15(16)20/h2-9,11H,10H2,1H3,(H,22,24)(H,21,23,25). The maximum atomic E-state index is 13.6. The van der Waals surface area contributed by atoms with Crippen LogP contribution in [0.15, 0.2) is 53.9 Å². The van der Waals surface area contributed by atoms with E-state index < -0.39 is 11.7 Å². The summed E-state index contributed by atoms with van der Waals surface area (Å²) in [5.41, 5.74) is 1.06. The number of hydrogen-bond donors (Lipinski definition) is 2. The number of methoxy groups -OCH3 is 1. The van der Waals surface area contributed by atoms with Crippen molar-refractivity contribution < 1.29 is 18.7 Å². The number of thiazole rings is 1. The predicted octanol–water partition coefficient (Wildman–Crippen LogP) is 3.72. The molecule has 3 aromatic rings. The first-order valence-corrected chi connectivity index (χ1v) is 8.87. The average molecular weight is 385 g/mol. The summed E-state index contributed by atoms with van der Waals surface area (Å²) in [5.74, 6) is -0.548. The monoisotopic (exact) mass is 385 g/mol. The summed E-state index contributed by atoms with van der Waals surface area (Å²) in [6, 6.07) is 12.6. The van der Waals surface area contributed by atoms with Gasteiger partial charge in [-0.1, -0.05) is 12.1 Å². The molecule has 0 radical (unpaired) electrons. The number of halogens is 1. The minimum atomic E-state index is -0.503. The van der Waals surface area contributed by atoms with E-state index in [0.29, 0.717) is 22.1 Å². The fourth-order valence-electron chi connectivity index (χ4n) is 2.28. The van der Waals surface area contributed by atoms with E-state index in [0.717, 1.165) is 0 Å². The Morgan fingerprint density at radius 1 is 1.11 bits per heavy atom. The molecule has 0 atom stereocenters. The van der Waals surface area contributed by atoms with Crippen molar-refractivity contribution >= 4 is 34.0 Å². The third-order valence-corrected chi connectivity index (χ3v) is 4.42. The van der Waals surface area contributed by atoms with Crippen LogP contribution in [0.3, 0.4) is 0 Å². The quantitative estimate of drug-likeness (QED) is 0.678. The zero-order valence-corrected chi connectivity index (χ0v) is 15.2. The molecule has 0 spiro atoms. The number of para-hydroxylation sites is 1. The summed E-state index contributed by atoms with van der Waals surface area (Å²) in [7, 11) is 1.55. The molecular weight excluding hydrogens is 369 g/mol. The van der Waals surface area contributed by atoms with Crippen LogP contribution < -0.4 is 15.4 Å². The van der Waals surface area contributed by atoms with Gasteiger partial charge in [0.15, 0.2) is 5.13 Å². The van der Waals surface area contributed by atoms with Crippen LogP contribution >= 0.6 is 11.3 Å². The molecule has 27 heavy (non-hydrogen) atoms. The van der Waals surface area contributed by atoms with Gasteiger partial charge in [0.25, 0.3) is 5.91 Å². The van der Waals surface area contributed by atoms with Crippen LogP contribution in [0.5, 0.6) is 5.75 Å². The lowest BCUT2D eigenvalue weighted by Crippen LogP contribution is -2.16. The number of anilines is 2. The second kappa shape index (κ2) is 8.41. The summed E-state index contributed by atoms with van der Waals surface area (Å²) in [4.78, 5) is 28.5. The highest BCUT2D eigenvalue weighted by Gasteiger charge is 2.12. The van der Waals surface area contributed by atoms with E-state index in [4.69, 9.17) is 4.74 Å². The summed E-state index contributed by atoms with van der Waals surface area (Å²) in [6.07, 6.45) is -0.0246. The Morgan fingerprint density at radius 3 is 2.56 bits per heavy atom. The molecule has 0 aliphatic heterocycles. The number of carbonyl (C=O) groups is 2. The van der Waals surface area contributed by atoms with E-state index in [1.54, 1.807) is 48.9 Å². The van der Waals surface area contributed by atoms with Crippen molar-refractivity contribution in [3.8, 4) is 5.75 Å². The van der Waals surface area contributed by atoms with Crippen LogP contribution in [0.1, 0.15) is 16.1 Å². The third-order valence-electron chi connectivity index (χ3n) is 3.61. The number of hydrogen-bond acceptors (Lipinski definition) is 5. The van der Waals surface area contributed by atoms with Gasteiger partial charge >= 0.3 is 0 Å². The minimum absolute atomic E-state index is 0.0246. The Morgan fingerprint density at radius 2 is 1.85 bits per heavy atom. The molecule has 0 unspecified atom stereocenters. The molecule has 6 nitrogen and oxygen atoms in total. The van der Waals surface area contributed by atoms with Gasteiger partial charge in [-0.05, 0) is 36.4 Å². The summed E-state index contributed by atoms with van der Waals surface area (Å²) in [5, 5.41) is 7.23. The molecule has 0 saturated carbocycles. The van der Waals surface area contributed by atoms with Gasteiger partial charge in [0.05, 0.1) is 24.9 Å². The molecular formula is C19H16FN3O3S. The molecule has 0 bridgehead atoms. The molecule has 2 aromatic carbocycles. The van der Waals surface area contributed by atoms with Gasteiger partial charge in [-0.25, -0.2) is 9.37 Å². The normalized spacial score (nSPS) is 10.3. The van der Waals surface area contributed by atoms with Crippen molar-refractivity contribution in [1.82, 2.24) is 4.98 Å². The third kappa shape index (κ3) is 4.89. The van der Waals surface area contributed by atoms with Gasteiger partial charge in [0, 0.05) is 10.9 Å². The van der Waals surface area contributed by atoms with Crippen LogP contribution in [0, 0.1) is 5.82 Å². The SMILES string of the molecule is COc1ccc(C(=O)Nc2nc(CC(=O)Nc3ccccc3F)cs2)cc1. The number of rotatable bonds is 6. The average Bonchev–Trinajstić information content (AvgIpc) is 3.10. The Kier molecular flexibility index (Phi) is 5.77. The van der Waals surface area contributed by atoms with Gasteiger partial charge in [-0.2, -0.15) is 0 Å². The van der Waals surface area contributed by atoms with Crippen molar-refractivity contribution in [2.45, 2.75) is 6.42 Å². The first-order valence-electron chi connectivity index (χ1n) is 7.99. The van der Waals surface area contributed by atoms with Crippen molar-refractivity contribution in [1.29, 1.82) is 0 Å². The molecule has 8 heteroatoms. The van der Waals surface area contributed by atoms with Crippen LogP contribution in [-0.2, 0) is 11.2 Å². The van der Waals surface area contributed by atoms with Crippen LogP contribution in [-0.4, -0.2) is 23.9 Å². The highest BCUT2D eigenvalue weighted by Crippen LogP contribution is 2.19. The zero-order chi connectivity index (χ0) is 19.2. The molecule has 138 valence electrons. The first kappa shape index (κ1) is 18.5. The minimum Gasteiger partial charge on any atom is -0.497 e. The van der Waals surface area contributed by atoms with Crippen LogP contribution in [0.2, 0.25) is 0 Å². The fraction of sp³-hybridized carbons (Fsp3) is 0.105. The Hall–Kier alpha value is -3.26. The maximum Gasteiger partial charge on any atom is 0.257 e. The smallest absolute Gasteiger partial charge is 0.257 e. The Balaban J connectivity index is 1.58. The van der Waals surface area contributed by atoms with Gasteiger partial charge in [0.1, 0.15) is 11.6 Å². The summed E-state index contributed by atoms with van der Waals surface area (Å²) < 4.78 is 18.6. The Labute approximate surface area is 159 Å². The van der Waals surface area contributed by atoms with Gasteiger partial charge in [-0.3, -0.25) is 14.9 Å². The predicted molar refractivity (Wildman–Crippen MR) is 102 cm³/mol. The number of nitrogens with one attached hydrogen (secondary N) is 2. The largest absolute Gasteiger partial charge is 0.497 e. The second-order valence-corrected chi connectivity index (χ2v) is 6.39. The lowest BCUT2D eigenvalue weighted by molar-refractivity contribution is -0.115. The van der Waals surface area contributed by atoms with Crippen molar-refractivity contribution in [3.05, 3.63) is 71.0 Å². The zero-order valence-electron chi connectivity index (χ0n) is 14.4. The second-order valence-electron chi connectivity index (χ2n) is 5.53. The van der Waals surface area contributed by atoms with Gasteiger partial charge in [0.2, 0.25) is 5.91 Å². The van der Waals surface area contributed by atoms with E-state index >= 15 is 0 Å². The van der Waals surface area contributed by atoms with E-state index in [1.807, 2.05) is 0 Å². The lowest BCUT2D eigenvalue weighted by Gasteiger charge is -2.05. The van der Waals surface area contributed by atoms with E-state index in [1.165, 1.54) is 23.5 Å². The fourth-order valence-corrected chi connectivity index (χ4v) is 2.98. The number of nitrogens with zero attached hydrogens (tertiary/aromatic N) is 1. The molecule has 0 aliphatic rings. The molecule has 2 amide bonds. The van der Waals surface area contributed by atoms with E-state index in [9.17, 15) is 14.0 Å². The topological polar surface area (TPSA) is 80.3 Å². The highest BCUT2D eigenvalue weighted by atomic mass is 32.1. The lowest BCUT2D eigenvalue weighted by atomic mass is 10.2. The van der Waals surface area contributed by atoms with Crippen LogP contribution in [0.4, 0.5) is 15.2 Å². The maximum absolute atomic E-state index is 13.6. The number of amides is 2. The molecule has 1 aromatic heterocycles. The van der Waals surface area contributed by atoms with Crippen LogP contribution in [0.25, 0.3) is 0 Å². The van der Waals surface area contributed by atoms with Crippen molar-refractivity contribution in [2.24, 2.45) is 0 Å². The number of benzene rings is 2. The molecule has 0 saturated heterocycles. The summed E-state index contributed by atoms with van der Waals surface area (Å²) >= 11 is 1.21. The van der Waals surface area contributed by atoms with E-state index in [-0.39, 0.29) is 18.0 Å². The molecule has 2 N–H and O–H groups in total. The molecule has 1 heterocycles. The highest BCUT2D eigenvalue weighted by molar-refractivity contribution is 7.14. The summed E-state index contributed by atoms with van der Waals surface area (Å²) in [6.45, 7) is 0. The number of carbonyl (C=O) groups excluding carboxylic acids is 2. The van der Waals surface area contributed by atoms with Crippen molar-refractivity contribution in [2.75, 3.05) is 17.7 Å².